The Hall–Kier alpha value is -3.38. The first-order chi connectivity index (χ1) is 14.2. The summed E-state index contributed by atoms with van der Waals surface area (Å²) in [5, 5.41) is 9.95. The molecule has 0 unspecified atom stereocenters. The van der Waals surface area contributed by atoms with E-state index >= 15 is 0 Å². The van der Waals surface area contributed by atoms with Gasteiger partial charge in [-0.2, -0.15) is 5.10 Å². The van der Waals surface area contributed by atoms with E-state index in [1.165, 1.54) is 5.69 Å². The number of fused-ring (bicyclic) bond motifs is 1. The zero-order valence-corrected chi connectivity index (χ0v) is 16.4. The van der Waals surface area contributed by atoms with Gasteiger partial charge >= 0.3 is 0 Å². The van der Waals surface area contributed by atoms with Gasteiger partial charge in [0.05, 0.1) is 19.4 Å². The second-order valence-corrected chi connectivity index (χ2v) is 7.31. The molecule has 1 aliphatic heterocycles. The maximum atomic E-state index is 5.43. The van der Waals surface area contributed by atoms with Gasteiger partial charge in [-0.25, -0.2) is 4.98 Å². The van der Waals surface area contributed by atoms with Crippen LogP contribution >= 0.6 is 0 Å². The molecule has 6 heteroatoms. The van der Waals surface area contributed by atoms with E-state index in [1.807, 2.05) is 30.3 Å². The van der Waals surface area contributed by atoms with Gasteiger partial charge in [0.1, 0.15) is 5.82 Å². The Balaban J connectivity index is 1.37. The number of ether oxygens (including phenoxy) is 1. The Morgan fingerprint density at radius 1 is 0.897 bits per heavy atom. The van der Waals surface area contributed by atoms with Gasteiger partial charge in [-0.1, -0.05) is 12.1 Å². The lowest BCUT2D eigenvalue weighted by molar-refractivity contribution is 0.122. The number of hydrogen-bond donors (Lipinski definition) is 1. The molecule has 146 valence electrons. The summed E-state index contributed by atoms with van der Waals surface area (Å²) in [6.07, 6.45) is 5.82. The molecule has 0 saturated carbocycles. The van der Waals surface area contributed by atoms with Gasteiger partial charge in [0.15, 0.2) is 0 Å². The van der Waals surface area contributed by atoms with Crippen LogP contribution in [0.3, 0.4) is 0 Å². The average Bonchev–Trinajstić information content (AvgIpc) is 3.21. The fourth-order valence-electron chi connectivity index (χ4n) is 3.68. The third kappa shape index (κ3) is 3.79. The van der Waals surface area contributed by atoms with E-state index in [1.54, 1.807) is 0 Å². The van der Waals surface area contributed by atoms with Gasteiger partial charge in [0.2, 0.25) is 0 Å². The lowest BCUT2D eigenvalue weighted by Crippen LogP contribution is -2.36. The van der Waals surface area contributed by atoms with Crippen molar-refractivity contribution in [2.75, 3.05) is 36.5 Å². The predicted molar refractivity (Wildman–Crippen MR) is 117 cm³/mol. The van der Waals surface area contributed by atoms with Crippen LogP contribution in [-0.2, 0) is 11.8 Å². The number of anilines is 3. The molecule has 1 N–H and O–H groups in total. The topological polar surface area (TPSA) is 55.2 Å². The van der Waals surface area contributed by atoms with Crippen molar-refractivity contribution in [2.45, 2.75) is 0 Å². The molecular weight excluding hydrogens is 362 g/mol. The van der Waals surface area contributed by atoms with Crippen LogP contribution in [0.1, 0.15) is 0 Å². The van der Waals surface area contributed by atoms with E-state index in [0.717, 1.165) is 59.7 Å². The number of aryl methyl sites for hydroxylation is 1. The molecule has 4 aromatic rings. The molecule has 2 aromatic carbocycles. The van der Waals surface area contributed by atoms with Crippen LogP contribution in [-0.4, -0.2) is 41.1 Å². The van der Waals surface area contributed by atoms with Gasteiger partial charge in [0, 0.05) is 54.9 Å². The molecule has 0 atom stereocenters. The van der Waals surface area contributed by atoms with Crippen molar-refractivity contribution in [1.29, 1.82) is 0 Å². The van der Waals surface area contributed by atoms with Crippen LogP contribution in [0.2, 0.25) is 0 Å². The molecule has 6 nitrogen and oxygen atoms in total. The summed E-state index contributed by atoms with van der Waals surface area (Å²) in [6.45, 7) is 3.47. The SMILES string of the molecule is Cn1cc(-c2ccc3cnc(Nc4ccc(N5CCOCC5)cc4)cc3c2)cn1. The van der Waals surface area contributed by atoms with Gasteiger partial charge in [-0.05, 0) is 47.3 Å². The standard InChI is InChI=1S/C23H23N5O/c1-27-16-20(15-25-27)17-2-3-18-14-24-23(13-19(18)12-17)26-21-4-6-22(7-5-21)28-8-10-29-11-9-28/h2-7,12-16H,8-11H2,1H3,(H,24,26). The predicted octanol–water partition coefficient (Wildman–Crippen LogP) is 4.22. The Morgan fingerprint density at radius 3 is 2.48 bits per heavy atom. The summed E-state index contributed by atoms with van der Waals surface area (Å²) < 4.78 is 7.25. The van der Waals surface area contributed by atoms with Crippen LogP contribution in [0.4, 0.5) is 17.2 Å². The van der Waals surface area contributed by atoms with Crippen molar-refractivity contribution in [2.24, 2.45) is 7.05 Å². The minimum atomic E-state index is 0.794. The number of benzene rings is 2. The Bertz CT molecular complexity index is 1130. The second-order valence-electron chi connectivity index (χ2n) is 7.31. The van der Waals surface area contributed by atoms with E-state index in [9.17, 15) is 0 Å². The van der Waals surface area contributed by atoms with Crippen molar-refractivity contribution >= 4 is 28.0 Å². The van der Waals surface area contributed by atoms with Gasteiger partial charge in [-0.15, -0.1) is 0 Å². The normalized spacial score (nSPS) is 14.3. The molecule has 29 heavy (non-hydrogen) atoms. The molecule has 0 spiro atoms. The van der Waals surface area contributed by atoms with Crippen molar-refractivity contribution in [3.8, 4) is 11.1 Å². The fourth-order valence-corrected chi connectivity index (χ4v) is 3.68. The minimum Gasteiger partial charge on any atom is -0.378 e. The third-order valence-corrected chi connectivity index (χ3v) is 5.28. The number of pyridine rings is 1. The highest BCUT2D eigenvalue weighted by Gasteiger charge is 2.11. The van der Waals surface area contributed by atoms with Crippen molar-refractivity contribution in [1.82, 2.24) is 14.8 Å². The molecule has 0 amide bonds. The highest BCUT2D eigenvalue weighted by Crippen LogP contribution is 2.27. The molecular formula is C23H23N5O. The minimum absolute atomic E-state index is 0.794. The van der Waals surface area contributed by atoms with Crippen LogP contribution in [0.25, 0.3) is 21.9 Å². The first-order valence-corrected chi connectivity index (χ1v) is 9.83. The van der Waals surface area contributed by atoms with Crippen LogP contribution in [0.15, 0.2) is 67.1 Å². The molecule has 1 aliphatic rings. The Morgan fingerprint density at radius 2 is 1.72 bits per heavy atom. The van der Waals surface area contributed by atoms with Crippen LogP contribution in [0.5, 0.6) is 0 Å². The van der Waals surface area contributed by atoms with Crippen LogP contribution < -0.4 is 10.2 Å². The largest absolute Gasteiger partial charge is 0.378 e. The van der Waals surface area contributed by atoms with E-state index in [2.05, 4.69) is 68.8 Å². The number of nitrogens with one attached hydrogen (secondary N) is 1. The smallest absolute Gasteiger partial charge is 0.130 e. The Labute approximate surface area is 169 Å². The summed E-state index contributed by atoms with van der Waals surface area (Å²) in [5.74, 6) is 0.833. The number of hydrogen-bond acceptors (Lipinski definition) is 5. The molecule has 1 saturated heterocycles. The van der Waals surface area contributed by atoms with Crippen molar-refractivity contribution in [3.63, 3.8) is 0 Å². The summed E-state index contributed by atoms with van der Waals surface area (Å²) in [6, 6.07) is 17.0. The quantitative estimate of drug-likeness (QED) is 0.570. The fraction of sp³-hybridized carbons (Fsp3) is 0.217. The monoisotopic (exact) mass is 385 g/mol. The lowest BCUT2D eigenvalue weighted by Gasteiger charge is -2.28. The van der Waals surface area contributed by atoms with Crippen molar-refractivity contribution in [3.05, 3.63) is 67.1 Å². The highest BCUT2D eigenvalue weighted by atomic mass is 16.5. The number of aromatic nitrogens is 3. The molecule has 0 aliphatic carbocycles. The molecule has 3 heterocycles. The van der Waals surface area contributed by atoms with Crippen LogP contribution in [0, 0.1) is 0 Å². The highest BCUT2D eigenvalue weighted by molar-refractivity contribution is 5.88. The molecule has 5 rings (SSSR count). The molecule has 2 aromatic heterocycles. The van der Waals surface area contributed by atoms with E-state index in [-0.39, 0.29) is 0 Å². The Kier molecular flexibility index (Phi) is 4.62. The van der Waals surface area contributed by atoms with Crippen molar-refractivity contribution < 1.29 is 4.74 Å². The van der Waals surface area contributed by atoms with E-state index in [4.69, 9.17) is 4.74 Å². The van der Waals surface area contributed by atoms with Gasteiger partial charge in [-0.3, -0.25) is 4.68 Å². The zero-order chi connectivity index (χ0) is 19.6. The molecule has 0 radical (unpaired) electrons. The number of morpholine rings is 1. The molecule has 0 bridgehead atoms. The average molecular weight is 385 g/mol. The van der Waals surface area contributed by atoms with Gasteiger partial charge < -0.3 is 15.0 Å². The maximum absolute atomic E-state index is 5.43. The summed E-state index contributed by atoms with van der Waals surface area (Å²) >= 11 is 0. The summed E-state index contributed by atoms with van der Waals surface area (Å²) in [4.78, 5) is 6.92. The first kappa shape index (κ1) is 17.7. The maximum Gasteiger partial charge on any atom is 0.130 e. The zero-order valence-electron chi connectivity index (χ0n) is 16.4. The second kappa shape index (κ2) is 7.56. The summed E-state index contributed by atoms with van der Waals surface area (Å²) in [5.41, 5.74) is 4.51. The molecule has 1 fully saturated rings. The summed E-state index contributed by atoms with van der Waals surface area (Å²) in [7, 11) is 1.93. The number of rotatable bonds is 4. The first-order valence-electron chi connectivity index (χ1n) is 9.83. The third-order valence-electron chi connectivity index (χ3n) is 5.28. The lowest BCUT2D eigenvalue weighted by atomic mass is 10.1. The van der Waals surface area contributed by atoms with E-state index < -0.39 is 0 Å². The number of nitrogens with zero attached hydrogens (tertiary/aromatic N) is 4. The van der Waals surface area contributed by atoms with E-state index in [0.29, 0.717) is 0 Å². The van der Waals surface area contributed by atoms with Gasteiger partial charge in [0.25, 0.3) is 0 Å².